The van der Waals surface area contributed by atoms with E-state index in [1.165, 1.54) is 13.4 Å². The molecule has 0 radical (unpaired) electrons. The standard InChI is InChI=1S/C30H28N4O6/c1-29(2,3)23-26-34-22(25-31-19(14-38-25)27(36)37-4)24(40-26)30-16-7-5-6-8-18(16)32-28(30)39-20-11-9-15(13-17(20)30)10-12-21(35)33-23/h5-9,11,13-14,23,28,32H,10,12H2,1-4H3,(H,33,35)/t23-,28?,30+/m1/s1. The number of benzene rings is 2. The van der Waals surface area contributed by atoms with Gasteiger partial charge in [0, 0.05) is 17.7 Å². The number of nitrogens with one attached hydrogen (secondary N) is 2. The van der Waals surface area contributed by atoms with E-state index in [0.29, 0.717) is 35.9 Å². The van der Waals surface area contributed by atoms with E-state index in [-0.39, 0.29) is 17.5 Å². The molecule has 204 valence electrons. The third kappa shape index (κ3) is 3.41. The highest BCUT2D eigenvalue weighted by atomic mass is 16.5. The molecule has 0 saturated heterocycles. The molecular weight excluding hydrogens is 512 g/mol. The highest BCUT2D eigenvalue weighted by Gasteiger charge is 2.61. The molecule has 4 aromatic rings. The molecule has 3 aliphatic rings. The molecule has 3 atom stereocenters. The van der Waals surface area contributed by atoms with Gasteiger partial charge in [0.15, 0.2) is 23.4 Å². The van der Waals surface area contributed by atoms with Gasteiger partial charge in [-0.2, -0.15) is 0 Å². The van der Waals surface area contributed by atoms with Gasteiger partial charge in [-0.05, 0) is 35.1 Å². The van der Waals surface area contributed by atoms with Crippen LogP contribution in [0, 0.1) is 5.41 Å². The largest absolute Gasteiger partial charge is 0.469 e. The Morgan fingerprint density at radius 1 is 1.07 bits per heavy atom. The van der Waals surface area contributed by atoms with Gasteiger partial charge in [-0.1, -0.05) is 51.1 Å². The van der Waals surface area contributed by atoms with Crippen molar-refractivity contribution in [1.82, 2.24) is 15.3 Å². The molecule has 1 unspecified atom stereocenters. The van der Waals surface area contributed by atoms with E-state index < -0.39 is 29.1 Å². The highest BCUT2D eigenvalue weighted by Crippen LogP contribution is 2.59. The fourth-order valence-corrected chi connectivity index (χ4v) is 5.97. The van der Waals surface area contributed by atoms with Crippen molar-refractivity contribution in [3.8, 4) is 17.3 Å². The second-order valence-corrected chi connectivity index (χ2v) is 11.5. The van der Waals surface area contributed by atoms with E-state index in [1.807, 2.05) is 57.2 Å². The van der Waals surface area contributed by atoms with Crippen molar-refractivity contribution in [2.75, 3.05) is 12.4 Å². The maximum atomic E-state index is 13.1. The number of hydrogen-bond acceptors (Lipinski definition) is 9. The molecule has 0 saturated carbocycles. The predicted octanol–water partition coefficient (Wildman–Crippen LogP) is 4.74. The lowest BCUT2D eigenvalue weighted by Crippen LogP contribution is -2.40. The third-order valence-corrected chi connectivity index (χ3v) is 7.91. The molecule has 10 nitrogen and oxygen atoms in total. The molecule has 1 amide bonds. The lowest BCUT2D eigenvalue weighted by molar-refractivity contribution is -0.122. The fourth-order valence-electron chi connectivity index (χ4n) is 5.97. The maximum Gasteiger partial charge on any atom is 0.360 e. The van der Waals surface area contributed by atoms with Gasteiger partial charge < -0.3 is 28.9 Å². The topological polar surface area (TPSA) is 129 Å². The Hall–Kier alpha value is -4.60. The minimum absolute atomic E-state index is 0.0101. The van der Waals surface area contributed by atoms with Crippen LogP contribution in [0.4, 0.5) is 5.69 Å². The quantitative estimate of drug-likeness (QED) is 0.346. The van der Waals surface area contributed by atoms with Gasteiger partial charge in [-0.25, -0.2) is 14.8 Å². The van der Waals surface area contributed by atoms with Crippen molar-refractivity contribution in [2.45, 2.75) is 51.3 Å². The summed E-state index contributed by atoms with van der Waals surface area (Å²) in [6.07, 6.45) is 1.56. The highest BCUT2D eigenvalue weighted by molar-refractivity contribution is 5.87. The third-order valence-electron chi connectivity index (χ3n) is 7.91. The van der Waals surface area contributed by atoms with Crippen LogP contribution in [0.15, 0.2) is 57.6 Å². The number of carbonyl (C=O) groups excluding carboxylic acids is 2. The van der Waals surface area contributed by atoms with E-state index in [2.05, 4.69) is 21.7 Å². The van der Waals surface area contributed by atoms with Gasteiger partial charge in [-0.15, -0.1) is 0 Å². The Morgan fingerprint density at radius 2 is 1.90 bits per heavy atom. The average molecular weight is 541 g/mol. The minimum atomic E-state index is -0.950. The Morgan fingerprint density at radius 3 is 2.70 bits per heavy atom. The SMILES string of the molecule is COC(=O)c1coc(-c2nc3oc2[C@@]24c5ccccc5NC2Oc2ccc(cc24)CCC(=O)N[C@H]3C(C)(C)C)n1. The van der Waals surface area contributed by atoms with E-state index >= 15 is 0 Å². The molecule has 10 heteroatoms. The molecule has 1 spiro atoms. The number of amides is 1. The summed E-state index contributed by atoms with van der Waals surface area (Å²) in [5.41, 5.74) is 2.69. The number of aryl methyl sites for hydroxylation is 1. The Kier molecular flexibility index (Phi) is 5.16. The lowest BCUT2D eigenvalue weighted by Gasteiger charge is -2.30. The van der Waals surface area contributed by atoms with Crippen LogP contribution in [0.25, 0.3) is 11.6 Å². The molecule has 2 aromatic heterocycles. The Balaban J connectivity index is 1.57. The van der Waals surface area contributed by atoms with Gasteiger partial charge in [0.05, 0.1) is 7.11 Å². The van der Waals surface area contributed by atoms with Crippen LogP contribution in [0.3, 0.4) is 0 Å². The van der Waals surface area contributed by atoms with E-state index in [1.54, 1.807) is 0 Å². The summed E-state index contributed by atoms with van der Waals surface area (Å²) < 4.78 is 23.9. The second kappa shape index (κ2) is 8.45. The number of hydrogen-bond donors (Lipinski definition) is 2. The summed E-state index contributed by atoms with van der Waals surface area (Å²) >= 11 is 0. The number of para-hydroxylation sites is 1. The summed E-state index contributed by atoms with van der Waals surface area (Å²) in [4.78, 5) is 34.7. The normalized spacial score (nSPS) is 22.6. The minimum Gasteiger partial charge on any atom is -0.469 e. The first-order valence-corrected chi connectivity index (χ1v) is 13.2. The molecule has 5 heterocycles. The molecule has 7 rings (SSSR count). The summed E-state index contributed by atoms with van der Waals surface area (Å²) in [7, 11) is 1.28. The zero-order chi connectivity index (χ0) is 27.8. The van der Waals surface area contributed by atoms with Crippen molar-refractivity contribution in [3.05, 3.63) is 82.8 Å². The number of esters is 1. The fraction of sp³-hybridized carbons (Fsp3) is 0.333. The zero-order valence-electron chi connectivity index (χ0n) is 22.5. The summed E-state index contributed by atoms with van der Waals surface area (Å²) in [6.45, 7) is 6.04. The molecule has 3 aliphatic heterocycles. The van der Waals surface area contributed by atoms with Gasteiger partial charge in [-0.3, -0.25) is 4.79 Å². The van der Waals surface area contributed by atoms with Crippen LogP contribution in [0.1, 0.15) is 72.1 Å². The van der Waals surface area contributed by atoms with Crippen LogP contribution in [0.5, 0.6) is 5.75 Å². The monoisotopic (exact) mass is 540 g/mol. The number of methoxy groups -OCH3 is 1. The van der Waals surface area contributed by atoms with Crippen LogP contribution in [-0.2, 0) is 21.4 Å². The number of nitrogens with zero attached hydrogens (tertiary/aromatic N) is 2. The first-order chi connectivity index (χ1) is 19.2. The summed E-state index contributed by atoms with van der Waals surface area (Å²) in [5, 5.41) is 6.67. The van der Waals surface area contributed by atoms with E-state index in [9.17, 15) is 9.59 Å². The van der Waals surface area contributed by atoms with Gasteiger partial charge in [0.25, 0.3) is 0 Å². The molecule has 2 N–H and O–H groups in total. The lowest BCUT2D eigenvalue weighted by atomic mass is 9.72. The van der Waals surface area contributed by atoms with Crippen LogP contribution >= 0.6 is 0 Å². The van der Waals surface area contributed by atoms with Gasteiger partial charge in [0.2, 0.25) is 17.7 Å². The zero-order valence-corrected chi connectivity index (χ0v) is 22.5. The van der Waals surface area contributed by atoms with Crippen molar-refractivity contribution < 1.29 is 27.9 Å². The summed E-state index contributed by atoms with van der Waals surface area (Å²) in [5.74, 6) is 0.823. The van der Waals surface area contributed by atoms with Crippen molar-refractivity contribution in [2.24, 2.45) is 5.41 Å². The molecule has 0 fully saturated rings. The van der Waals surface area contributed by atoms with Crippen molar-refractivity contribution >= 4 is 17.6 Å². The molecular formula is C30H28N4O6. The van der Waals surface area contributed by atoms with Gasteiger partial charge >= 0.3 is 5.97 Å². The number of carbonyl (C=O) groups is 2. The number of anilines is 1. The first kappa shape index (κ1) is 24.4. The Labute approximate surface area is 230 Å². The number of oxazole rings is 2. The first-order valence-electron chi connectivity index (χ1n) is 13.2. The average Bonchev–Trinajstić information content (AvgIpc) is 3.69. The van der Waals surface area contributed by atoms with Crippen molar-refractivity contribution in [3.63, 3.8) is 0 Å². The number of ether oxygens (including phenoxy) is 2. The number of aromatic nitrogens is 2. The van der Waals surface area contributed by atoms with E-state index in [0.717, 1.165) is 22.4 Å². The van der Waals surface area contributed by atoms with Crippen LogP contribution in [0.2, 0.25) is 0 Å². The molecule has 2 aromatic carbocycles. The second-order valence-electron chi connectivity index (χ2n) is 11.5. The molecule has 4 bridgehead atoms. The summed E-state index contributed by atoms with van der Waals surface area (Å²) in [6, 6.07) is 13.4. The smallest absolute Gasteiger partial charge is 0.360 e. The van der Waals surface area contributed by atoms with Gasteiger partial charge in [0.1, 0.15) is 23.5 Å². The number of fused-ring (bicyclic) bond motifs is 4. The molecule has 40 heavy (non-hydrogen) atoms. The van der Waals surface area contributed by atoms with Crippen molar-refractivity contribution in [1.29, 1.82) is 0 Å². The van der Waals surface area contributed by atoms with Crippen LogP contribution < -0.4 is 15.4 Å². The molecule has 0 aliphatic carbocycles. The Bertz CT molecular complexity index is 1680. The van der Waals surface area contributed by atoms with E-state index in [4.69, 9.17) is 23.3 Å². The maximum absolute atomic E-state index is 13.1. The predicted molar refractivity (Wildman–Crippen MR) is 143 cm³/mol. The van der Waals surface area contributed by atoms with Crippen LogP contribution in [-0.4, -0.2) is 35.2 Å². The number of rotatable bonds is 2.